The minimum absolute atomic E-state index is 0.323. The van der Waals surface area contributed by atoms with Crippen LogP contribution in [0.5, 0.6) is 5.75 Å². The van der Waals surface area contributed by atoms with Crippen LogP contribution >= 0.6 is 11.8 Å². The van der Waals surface area contributed by atoms with E-state index >= 15 is 0 Å². The summed E-state index contributed by atoms with van der Waals surface area (Å²) in [5, 5.41) is 9.12. The molecule has 108 valence electrons. The molecule has 1 unspecified atom stereocenters. The highest BCUT2D eigenvalue weighted by atomic mass is 32.2. The number of methoxy groups -OCH3 is 1. The molecule has 2 rings (SSSR count). The Kier molecular flexibility index (Phi) is 4.39. The van der Waals surface area contributed by atoms with Gasteiger partial charge in [-0.05, 0) is 12.1 Å². The van der Waals surface area contributed by atoms with Gasteiger partial charge < -0.3 is 14.7 Å². The lowest BCUT2D eigenvalue weighted by Gasteiger charge is -2.27. The van der Waals surface area contributed by atoms with Crippen molar-refractivity contribution in [2.45, 2.75) is 6.04 Å². The molecule has 1 aromatic rings. The van der Waals surface area contributed by atoms with Gasteiger partial charge in [0.1, 0.15) is 11.8 Å². The minimum Gasteiger partial charge on any atom is -0.497 e. The first kappa shape index (κ1) is 14.5. The van der Waals surface area contributed by atoms with Crippen molar-refractivity contribution in [2.24, 2.45) is 0 Å². The fourth-order valence-electron chi connectivity index (χ4n) is 1.96. The van der Waals surface area contributed by atoms with Crippen molar-refractivity contribution in [3.63, 3.8) is 0 Å². The first-order valence-electron chi connectivity index (χ1n) is 6.03. The van der Waals surface area contributed by atoms with Crippen molar-refractivity contribution in [3.05, 3.63) is 24.3 Å². The third kappa shape index (κ3) is 2.82. The van der Waals surface area contributed by atoms with E-state index < -0.39 is 12.0 Å². The van der Waals surface area contributed by atoms with Crippen molar-refractivity contribution < 1.29 is 19.4 Å². The average molecular weight is 296 g/mol. The number of thioether (sulfide) groups is 1. The molecular formula is C13H16N2O4S. The third-order valence-electron chi connectivity index (χ3n) is 3.14. The second-order valence-corrected chi connectivity index (χ2v) is 5.37. The van der Waals surface area contributed by atoms with Crippen molar-refractivity contribution in [1.29, 1.82) is 0 Å². The molecule has 1 saturated heterocycles. The van der Waals surface area contributed by atoms with Crippen LogP contribution in [0.4, 0.5) is 10.5 Å². The molecule has 2 amide bonds. The summed E-state index contributed by atoms with van der Waals surface area (Å²) in [5.41, 5.74) is 0.662. The summed E-state index contributed by atoms with van der Waals surface area (Å²) in [6, 6.07) is 5.99. The maximum Gasteiger partial charge on any atom is 0.327 e. The lowest BCUT2D eigenvalue weighted by atomic mass is 10.2. The van der Waals surface area contributed by atoms with E-state index in [1.54, 1.807) is 38.4 Å². The largest absolute Gasteiger partial charge is 0.497 e. The maximum atomic E-state index is 12.4. The minimum atomic E-state index is -0.970. The van der Waals surface area contributed by atoms with Crippen LogP contribution in [0.2, 0.25) is 0 Å². The van der Waals surface area contributed by atoms with Crippen molar-refractivity contribution in [1.82, 2.24) is 4.90 Å². The summed E-state index contributed by atoms with van der Waals surface area (Å²) in [5.74, 6) is 0.493. The molecule has 1 N–H and O–H groups in total. The van der Waals surface area contributed by atoms with Gasteiger partial charge >= 0.3 is 12.0 Å². The van der Waals surface area contributed by atoms with E-state index in [0.29, 0.717) is 23.1 Å². The van der Waals surface area contributed by atoms with Crippen LogP contribution in [-0.4, -0.2) is 53.8 Å². The van der Waals surface area contributed by atoms with E-state index in [1.807, 2.05) is 0 Å². The fraction of sp³-hybridized carbons (Fsp3) is 0.385. The van der Waals surface area contributed by atoms with Gasteiger partial charge in [-0.1, -0.05) is 6.07 Å². The van der Waals surface area contributed by atoms with Crippen molar-refractivity contribution >= 4 is 29.4 Å². The third-order valence-corrected chi connectivity index (χ3v) is 4.15. The number of carbonyl (C=O) groups excluding carboxylic acids is 1. The highest BCUT2D eigenvalue weighted by Crippen LogP contribution is 2.26. The molecule has 1 aromatic carbocycles. The Labute approximate surface area is 121 Å². The molecule has 20 heavy (non-hydrogen) atoms. The van der Waals surface area contributed by atoms with E-state index in [0.717, 1.165) is 0 Å². The average Bonchev–Trinajstić information content (AvgIpc) is 2.95. The molecule has 1 aliphatic rings. The predicted molar refractivity (Wildman–Crippen MR) is 77.4 cm³/mol. The molecule has 1 atom stereocenters. The highest BCUT2D eigenvalue weighted by molar-refractivity contribution is 7.99. The first-order chi connectivity index (χ1) is 9.54. The Balaban J connectivity index is 2.17. The van der Waals surface area contributed by atoms with Crippen molar-refractivity contribution in [3.8, 4) is 5.75 Å². The number of hydrogen-bond acceptors (Lipinski definition) is 4. The van der Waals surface area contributed by atoms with Gasteiger partial charge in [0.2, 0.25) is 0 Å². The van der Waals surface area contributed by atoms with E-state index in [1.165, 1.54) is 21.6 Å². The van der Waals surface area contributed by atoms with Gasteiger partial charge in [-0.2, -0.15) is 0 Å². The van der Waals surface area contributed by atoms with Crippen LogP contribution in [0.3, 0.4) is 0 Å². The number of nitrogens with zero attached hydrogens (tertiary/aromatic N) is 2. The number of urea groups is 1. The molecule has 0 spiro atoms. The number of aliphatic carboxylic acids is 1. The first-order valence-corrected chi connectivity index (χ1v) is 7.19. The smallest absolute Gasteiger partial charge is 0.327 e. The molecule has 1 heterocycles. The maximum absolute atomic E-state index is 12.4. The number of carbonyl (C=O) groups is 2. The molecule has 1 fully saturated rings. The van der Waals surface area contributed by atoms with E-state index in [-0.39, 0.29) is 6.03 Å². The summed E-state index contributed by atoms with van der Waals surface area (Å²) >= 11 is 1.44. The zero-order chi connectivity index (χ0) is 14.7. The number of amides is 2. The van der Waals surface area contributed by atoms with Gasteiger partial charge in [0, 0.05) is 24.6 Å². The molecule has 0 radical (unpaired) electrons. The Bertz CT molecular complexity index is 523. The van der Waals surface area contributed by atoms with E-state index in [4.69, 9.17) is 9.84 Å². The Morgan fingerprint density at radius 2 is 2.25 bits per heavy atom. The summed E-state index contributed by atoms with van der Waals surface area (Å²) < 4.78 is 5.12. The lowest BCUT2D eigenvalue weighted by Crippen LogP contribution is -2.47. The summed E-state index contributed by atoms with van der Waals surface area (Å²) in [6.07, 6.45) is 0. The van der Waals surface area contributed by atoms with Crippen LogP contribution in [0.15, 0.2) is 24.3 Å². The van der Waals surface area contributed by atoms with Crippen LogP contribution < -0.4 is 9.64 Å². The quantitative estimate of drug-likeness (QED) is 0.919. The molecule has 0 aliphatic carbocycles. The molecule has 6 nitrogen and oxygen atoms in total. The summed E-state index contributed by atoms with van der Waals surface area (Å²) in [4.78, 5) is 26.3. The number of ether oxygens (including phenoxy) is 1. The topological polar surface area (TPSA) is 70.1 Å². The van der Waals surface area contributed by atoms with E-state index in [9.17, 15) is 9.59 Å². The van der Waals surface area contributed by atoms with Gasteiger partial charge in [-0.15, -0.1) is 11.8 Å². The number of benzene rings is 1. The van der Waals surface area contributed by atoms with Crippen LogP contribution in [0, 0.1) is 0 Å². The monoisotopic (exact) mass is 296 g/mol. The molecule has 1 aliphatic heterocycles. The predicted octanol–water partition coefficient (Wildman–Crippen LogP) is 1.71. The highest BCUT2D eigenvalue weighted by Gasteiger charge is 2.36. The number of anilines is 1. The molecule has 0 saturated carbocycles. The normalized spacial score (nSPS) is 17.9. The second-order valence-electron chi connectivity index (χ2n) is 4.37. The number of rotatable bonds is 3. The summed E-state index contributed by atoms with van der Waals surface area (Å²) in [6.45, 7) is 0. The molecular weight excluding hydrogens is 280 g/mol. The Morgan fingerprint density at radius 1 is 1.50 bits per heavy atom. The van der Waals surface area contributed by atoms with Gasteiger partial charge in [-0.25, -0.2) is 9.59 Å². The number of carboxylic acid groups (broad SMARTS) is 1. The zero-order valence-corrected chi connectivity index (χ0v) is 12.1. The van der Waals surface area contributed by atoms with Gasteiger partial charge in [0.05, 0.1) is 13.0 Å². The standard InChI is InChI=1S/C13H16N2O4S/c1-14(9-4-3-5-10(6-9)19-2)13(18)15-8-20-7-11(15)12(16)17/h3-6,11H,7-8H2,1-2H3,(H,16,17). The van der Waals surface area contributed by atoms with Crippen LogP contribution in [0.25, 0.3) is 0 Å². The number of carboxylic acids is 1. The molecule has 0 bridgehead atoms. The zero-order valence-electron chi connectivity index (χ0n) is 11.3. The lowest BCUT2D eigenvalue weighted by molar-refractivity contribution is -0.140. The van der Waals surface area contributed by atoms with E-state index in [2.05, 4.69) is 0 Å². The van der Waals surface area contributed by atoms with Gasteiger partial charge in [0.25, 0.3) is 0 Å². The van der Waals surface area contributed by atoms with Crippen molar-refractivity contribution in [2.75, 3.05) is 30.7 Å². The molecule has 0 aromatic heterocycles. The summed E-state index contributed by atoms with van der Waals surface area (Å²) in [7, 11) is 3.18. The Morgan fingerprint density at radius 3 is 2.90 bits per heavy atom. The number of hydrogen-bond donors (Lipinski definition) is 1. The SMILES string of the molecule is COc1cccc(N(C)C(=O)N2CSCC2C(=O)O)c1. The molecule has 7 heteroatoms. The van der Waals surface area contributed by atoms with Crippen LogP contribution in [-0.2, 0) is 4.79 Å². The fourth-order valence-corrected chi connectivity index (χ4v) is 3.10. The van der Waals surface area contributed by atoms with Gasteiger partial charge in [0.15, 0.2) is 0 Å². The van der Waals surface area contributed by atoms with Crippen LogP contribution in [0.1, 0.15) is 0 Å². The Hall–Kier alpha value is -1.89. The van der Waals surface area contributed by atoms with Gasteiger partial charge in [-0.3, -0.25) is 4.90 Å². The second kappa shape index (κ2) is 6.04.